The molecule has 0 aliphatic heterocycles. The van der Waals surface area contributed by atoms with E-state index in [1.165, 1.54) is 93.8 Å². The van der Waals surface area contributed by atoms with Crippen molar-refractivity contribution in [3.05, 3.63) is 192 Å². The van der Waals surface area contributed by atoms with E-state index in [2.05, 4.69) is 186 Å². The highest BCUT2D eigenvalue weighted by atomic mass is 15.4. The first-order chi connectivity index (χ1) is 25.3. The molecule has 0 bridgehead atoms. The first-order valence-electron chi connectivity index (χ1n) is 18.2. The van der Waals surface area contributed by atoms with E-state index < -0.39 is 5.41 Å². The molecule has 0 radical (unpaired) electrons. The van der Waals surface area contributed by atoms with Crippen LogP contribution in [-0.2, 0) is 12.0 Å². The summed E-state index contributed by atoms with van der Waals surface area (Å²) < 4.78 is 4.76. The van der Waals surface area contributed by atoms with E-state index in [1.54, 1.807) is 0 Å². The van der Waals surface area contributed by atoms with Crippen LogP contribution in [0.2, 0.25) is 0 Å². The molecule has 1 aromatic heterocycles. The number of hydrogen-bond donors (Lipinski definition) is 0. The Morgan fingerprint density at radius 1 is 0.510 bits per heavy atom. The van der Waals surface area contributed by atoms with Gasteiger partial charge < -0.3 is 0 Å². The largest absolute Gasteiger partial charge is 0.203 e. The van der Waals surface area contributed by atoms with E-state index in [0.717, 1.165) is 13.0 Å². The molecule has 2 nitrogen and oxygen atoms in total. The third-order valence-electron chi connectivity index (χ3n) is 11.5. The van der Waals surface area contributed by atoms with Crippen molar-refractivity contribution in [2.75, 3.05) is 0 Å². The predicted octanol–water partition coefficient (Wildman–Crippen LogP) is 11.6. The van der Waals surface area contributed by atoms with Crippen LogP contribution in [0, 0.1) is 0 Å². The lowest BCUT2D eigenvalue weighted by Crippen LogP contribution is -2.41. The van der Waals surface area contributed by atoms with Gasteiger partial charge in [0.05, 0.1) is 10.8 Å². The number of fused-ring (bicyclic) bond motifs is 15. The first-order valence-corrected chi connectivity index (χ1v) is 18.2. The Hall–Kier alpha value is -6.25. The molecule has 240 valence electrons. The molecule has 0 atom stereocenters. The molecule has 8 aromatic carbocycles. The van der Waals surface area contributed by atoms with Gasteiger partial charge in [-0.25, -0.2) is 0 Å². The lowest BCUT2D eigenvalue weighted by molar-refractivity contribution is -0.764. The molecule has 2 heteroatoms. The van der Waals surface area contributed by atoms with E-state index >= 15 is 0 Å². The molecule has 0 fully saturated rings. The van der Waals surface area contributed by atoms with Crippen LogP contribution in [0.3, 0.4) is 0 Å². The van der Waals surface area contributed by atoms with Crippen LogP contribution in [0.4, 0.5) is 0 Å². The first kappa shape index (κ1) is 28.6. The zero-order chi connectivity index (χ0) is 33.7. The lowest BCUT2D eigenvalue weighted by atomic mass is 9.69. The molecule has 2 aliphatic carbocycles. The molecule has 0 saturated carbocycles. The van der Waals surface area contributed by atoms with E-state index in [-0.39, 0.29) is 0 Å². The predicted molar refractivity (Wildman–Crippen MR) is 211 cm³/mol. The summed E-state index contributed by atoms with van der Waals surface area (Å²) in [6, 6.07) is 61.5. The van der Waals surface area contributed by atoms with Gasteiger partial charge in [-0.2, -0.15) is 0 Å². The van der Waals surface area contributed by atoms with Crippen LogP contribution < -0.4 is 4.68 Å². The molecule has 1 heterocycles. The molecule has 2 aliphatic rings. The van der Waals surface area contributed by atoms with Crippen LogP contribution in [0.1, 0.15) is 35.6 Å². The van der Waals surface area contributed by atoms with Crippen molar-refractivity contribution in [2.24, 2.45) is 0 Å². The maximum absolute atomic E-state index is 2.55. The highest BCUT2D eigenvalue weighted by molar-refractivity contribution is 6.14. The van der Waals surface area contributed by atoms with Crippen LogP contribution in [0.25, 0.3) is 71.5 Å². The third-order valence-corrected chi connectivity index (χ3v) is 11.5. The molecular formula is C49H35N2+. The summed E-state index contributed by atoms with van der Waals surface area (Å²) in [6.45, 7) is 3.20. The van der Waals surface area contributed by atoms with Crippen molar-refractivity contribution in [1.29, 1.82) is 0 Å². The highest BCUT2D eigenvalue weighted by Crippen LogP contribution is 2.65. The van der Waals surface area contributed by atoms with Crippen LogP contribution in [0.5, 0.6) is 0 Å². The molecule has 11 rings (SSSR count). The van der Waals surface area contributed by atoms with E-state index in [9.17, 15) is 0 Å². The van der Waals surface area contributed by atoms with Gasteiger partial charge >= 0.3 is 0 Å². The Balaban J connectivity index is 1.26. The van der Waals surface area contributed by atoms with E-state index in [1.807, 2.05) is 0 Å². The summed E-state index contributed by atoms with van der Waals surface area (Å²) in [5, 5.41) is 6.44. The van der Waals surface area contributed by atoms with Crippen molar-refractivity contribution in [1.82, 2.24) is 4.68 Å². The number of aromatic nitrogens is 2. The number of hydrogen-bond acceptors (Lipinski definition) is 0. The van der Waals surface area contributed by atoms with Crippen molar-refractivity contribution in [2.45, 2.75) is 25.3 Å². The number of para-hydroxylation sites is 1. The van der Waals surface area contributed by atoms with Gasteiger partial charge in [-0.15, -0.1) is 9.36 Å². The molecule has 9 aromatic rings. The average molecular weight is 652 g/mol. The van der Waals surface area contributed by atoms with Gasteiger partial charge in [-0.1, -0.05) is 140 Å². The van der Waals surface area contributed by atoms with Crippen molar-refractivity contribution in [3.8, 4) is 39.1 Å². The van der Waals surface area contributed by atoms with Gasteiger partial charge in [0.2, 0.25) is 6.20 Å². The summed E-state index contributed by atoms with van der Waals surface area (Å²) in [7, 11) is 0. The molecule has 0 amide bonds. The molecule has 0 saturated heterocycles. The summed E-state index contributed by atoms with van der Waals surface area (Å²) in [6.07, 6.45) is 3.35. The van der Waals surface area contributed by atoms with Gasteiger partial charge in [0.25, 0.3) is 0 Å². The minimum absolute atomic E-state index is 0.449. The summed E-state index contributed by atoms with van der Waals surface area (Å²) >= 11 is 0. The standard InChI is InChI=1S/C49H35N2/c1-2-28-50-31-34-15-4-12-25-46(34)51(50)35-17-13-16-33(29-35)42-30-45-47(40-22-7-6-19-37(40)42)41-27-26-32-14-3-5-18-36(32)48(41)49(45)43-23-10-8-20-38(43)39-21-9-11-24-44(39)49/h3-27,29-31H,2,28H2,1H3/q+1. The SMILES string of the molecule is CCC[n+]1cc2ccccc2n1-c1cccc(-c2cc3c(c4ccccc24)-c2ccc4ccccc4c2C32c3ccccc3-c3ccccc32)c1. The second kappa shape index (κ2) is 10.6. The van der Waals surface area contributed by atoms with E-state index in [0.29, 0.717) is 0 Å². The quantitative estimate of drug-likeness (QED) is 0.167. The Labute approximate surface area is 297 Å². The maximum Gasteiger partial charge on any atom is 0.203 e. The minimum atomic E-state index is -0.449. The van der Waals surface area contributed by atoms with Gasteiger partial charge in [0.15, 0.2) is 6.54 Å². The zero-order valence-corrected chi connectivity index (χ0v) is 28.5. The van der Waals surface area contributed by atoms with E-state index in [4.69, 9.17) is 0 Å². The van der Waals surface area contributed by atoms with Gasteiger partial charge in [-0.05, 0) is 108 Å². The Kier molecular flexibility index (Phi) is 5.95. The van der Waals surface area contributed by atoms with Crippen molar-refractivity contribution >= 4 is 32.4 Å². The minimum Gasteiger partial charge on any atom is -0.121 e. The molecule has 51 heavy (non-hydrogen) atoms. The smallest absolute Gasteiger partial charge is 0.121 e. The van der Waals surface area contributed by atoms with Crippen molar-refractivity contribution in [3.63, 3.8) is 0 Å². The van der Waals surface area contributed by atoms with Crippen LogP contribution >= 0.6 is 0 Å². The number of rotatable bonds is 4. The summed E-state index contributed by atoms with van der Waals surface area (Å²) in [4.78, 5) is 0. The number of aryl methyl sites for hydroxylation is 1. The Morgan fingerprint density at radius 2 is 1.18 bits per heavy atom. The average Bonchev–Trinajstić information content (AvgIpc) is 3.81. The van der Waals surface area contributed by atoms with Gasteiger partial charge in [0, 0.05) is 6.42 Å². The second-order valence-electron chi connectivity index (χ2n) is 14.2. The van der Waals surface area contributed by atoms with Gasteiger partial charge in [-0.3, -0.25) is 0 Å². The summed E-state index contributed by atoms with van der Waals surface area (Å²) in [5.41, 5.74) is 15.3. The normalized spacial score (nSPS) is 13.5. The summed E-state index contributed by atoms with van der Waals surface area (Å²) in [5.74, 6) is 0. The number of benzene rings is 8. The fourth-order valence-electron chi connectivity index (χ4n) is 9.65. The maximum atomic E-state index is 2.55. The Morgan fingerprint density at radius 3 is 1.96 bits per heavy atom. The van der Waals surface area contributed by atoms with Crippen molar-refractivity contribution < 1.29 is 4.68 Å². The second-order valence-corrected chi connectivity index (χ2v) is 14.2. The third kappa shape index (κ3) is 3.74. The molecule has 0 unspecified atom stereocenters. The molecule has 1 spiro atoms. The zero-order valence-electron chi connectivity index (χ0n) is 28.5. The molecular weight excluding hydrogens is 617 g/mol. The Bertz CT molecular complexity index is 2840. The number of nitrogens with zero attached hydrogens (tertiary/aromatic N) is 2. The van der Waals surface area contributed by atoms with Gasteiger partial charge in [0.1, 0.15) is 11.2 Å². The van der Waals surface area contributed by atoms with Crippen LogP contribution in [0.15, 0.2) is 170 Å². The molecule has 0 N–H and O–H groups in total. The fraction of sp³-hybridized carbons (Fsp3) is 0.0816. The highest BCUT2D eigenvalue weighted by Gasteiger charge is 2.53. The topological polar surface area (TPSA) is 8.81 Å². The lowest BCUT2D eigenvalue weighted by Gasteiger charge is -2.32. The van der Waals surface area contributed by atoms with Crippen LogP contribution in [-0.4, -0.2) is 4.68 Å². The fourth-order valence-corrected chi connectivity index (χ4v) is 9.65. The monoisotopic (exact) mass is 651 g/mol.